The van der Waals surface area contributed by atoms with Gasteiger partial charge < -0.3 is 10.2 Å². The zero-order chi connectivity index (χ0) is 33.4. The lowest BCUT2D eigenvalue weighted by Gasteiger charge is -2.45. The molecule has 4 saturated carbocycles. The van der Waals surface area contributed by atoms with Crippen LogP contribution >= 0.6 is 0 Å². The third kappa shape index (κ3) is 10.0. The molecule has 0 radical (unpaired) electrons. The van der Waals surface area contributed by atoms with Crippen molar-refractivity contribution in [2.45, 2.75) is 201 Å². The smallest absolute Gasteiger partial charge is 0.0602 e. The second-order valence-corrected chi connectivity index (χ2v) is 18.6. The molecule has 270 valence electrons. The number of aliphatic hydroxyl groups is 2. The SMILES string of the molecule is CCCC1(CCCC2CCC(C)CC2)CCC(C(O)C2CCC(C=C(C)CC(C)C(O)C3CCC=C4CCCCC43)C(CC)C2)CC1. The monoisotopic (exact) mass is 651 g/mol. The maximum Gasteiger partial charge on any atom is 0.0602 e. The van der Waals surface area contributed by atoms with Gasteiger partial charge in [-0.1, -0.05) is 109 Å². The van der Waals surface area contributed by atoms with E-state index in [9.17, 15) is 10.2 Å². The molecule has 0 aliphatic heterocycles. The lowest BCUT2D eigenvalue weighted by atomic mass is 9.62. The van der Waals surface area contributed by atoms with Crippen molar-refractivity contribution < 1.29 is 10.2 Å². The number of rotatable bonds is 14. The molecule has 0 saturated heterocycles. The summed E-state index contributed by atoms with van der Waals surface area (Å²) in [4.78, 5) is 0. The highest BCUT2D eigenvalue weighted by Crippen LogP contribution is 2.50. The van der Waals surface area contributed by atoms with Gasteiger partial charge in [-0.25, -0.2) is 0 Å². The molecule has 0 aromatic rings. The van der Waals surface area contributed by atoms with Gasteiger partial charge in [-0.2, -0.15) is 0 Å². The minimum Gasteiger partial charge on any atom is -0.393 e. The maximum absolute atomic E-state index is 11.8. The Bertz CT molecular complexity index is 978. The number of hydrogen-bond donors (Lipinski definition) is 2. The minimum absolute atomic E-state index is 0.0941. The standard InChI is InChI=1S/C45H78O2/c1-6-25-45(26-11-12-35-19-17-32(3)18-20-35)27-23-38(24-28-45)44(47)40-22-21-39(36(7-2)31-40)30-33(4)29-34(5)43(46)42-16-10-14-37-13-8-9-15-41(37)42/h14,30,32,34-36,38-44,46-47H,6-13,15-29,31H2,1-5H3. The zero-order valence-corrected chi connectivity index (χ0v) is 31.9. The van der Waals surface area contributed by atoms with E-state index in [-0.39, 0.29) is 12.2 Å². The molecule has 5 rings (SSSR count). The predicted molar refractivity (Wildman–Crippen MR) is 201 cm³/mol. The topological polar surface area (TPSA) is 40.5 Å². The molecule has 2 N–H and O–H groups in total. The molecule has 0 bridgehead atoms. The molecule has 47 heavy (non-hydrogen) atoms. The van der Waals surface area contributed by atoms with Gasteiger partial charge in [0.15, 0.2) is 0 Å². The van der Waals surface area contributed by atoms with Crippen LogP contribution in [0.2, 0.25) is 0 Å². The van der Waals surface area contributed by atoms with Crippen LogP contribution in [0.15, 0.2) is 23.3 Å². The summed E-state index contributed by atoms with van der Waals surface area (Å²) in [7, 11) is 0. The molecule has 5 aliphatic rings. The maximum atomic E-state index is 11.8. The average Bonchev–Trinajstić information content (AvgIpc) is 3.09. The van der Waals surface area contributed by atoms with Crippen molar-refractivity contribution in [1.29, 1.82) is 0 Å². The van der Waals surface area contributed by atoms with E-state index in [4.69, 9.17) is 0 Å². The van der Waals surface area contributed by atoms with Crippen LogP contribution in [0.5, 0.6) is 0 Å². The molecule has 2 heteroatoms. The van der Waals surface area contributed by atoms with Crippen molar-refractivity contribution in [3.8, 4) is 0 Å². The largest absolute Gasteiger partial charge is 0.393 e. The van der Waals surface area contributed by atoms with E-state index in [2.05, 4.69) is 46.8 Å². The van der Waals surface area contributed by atoms with Crippen molar-refractivity contribution in [2.24, 2.45) is 58.7 Å². The summed E-state index contributed by atoms with van der Waals surface area (Å²) in [5, 5.41) is 23.3. The molecule has 0 aromatic heterocycles. The number of allylic oxidation sites excluding steroid dienone is 4. The summed E-state index contributed by atoms with van der Waals surface area (Å²) in [6.45, 7) is 11.9. The quantitative estimate of drug-likeness (QED) is 0.184. The third-order valence-corrected chi connectivity index (χ3v) is 15.2. The van der Waals surface area contributed by atoms with Crippen LogP contribution in [0, 0.1) is 58.7 Å². The molecule has 2 nitrogen and oxygen atoms in total. The summed E-state index contributed by atoms with van der Waals surface area (Å²) in [5.74, 6) is 5.77. The van der Waals surface area contributed by atoms with Crippen molar-refractivity contribution in [3.05, 3.63) is 23.3 Å². The van der Waals surface area contributed by atoms with Gasteiger partial charge in [-0.15, -0.1) is 0 Å². The summed E-state index contributed by atoms with van der Waals surface area (Å²) in [6, 6.07) is 0. The van der Waals surface area contributed by atoms with E-state index >= 15 is 0 Å². The zero-order valence-electron chi connectivity index (χ0n) is 31.9. The van der Waals surface area contributed by atoms with Gasteiger partial charge >= 0.3 is 0 Å². The first kappa shape index (κ1) is 37.7. The van der Waals surface area contributed by atoms with E-state index in [0.717, 1.165) is 18.3 Å². The lowest BCUT2D eigenvalue weighted by Crippen LogP contribution is -2.39. The van der Waals surface area contributed by atoms with Crippen molar-refractivity contribution in [2.75, 3.05) is 0 Å². The Morgan fingerprint density at radius 1 is 0.915 bits per heavy atom. The first-order valence-corrected chi connectivity index (χ1v) is 21.4. The van der Waals surface area contributed by atoms with Gasteiger partial charge in [-0.3, -0.25) is 0 Å². The molecule has 0 heterocycles. The summed E-state index contributed by atoms with van der Waals surface area (Å²) in [5.41, 5.74) is 3.73. The lowest BCUT2D eigenvalue weighted by molar-refractivity contribution is -0.0187. The highest BCUT2D eigenvalue weighted by atomic mass is 16.3. The van der Waals surface area contributed by atoms with Crippen LogP contribution in [-0.4, -0.2) is 22.4 Å². The molecular formula is C45H78O2. The molecule has 0 amide bonds. The fourth-order valence-electron chi connectivity index (χ4n) is 12.2. The summed E-state index contributed by atoms with van der Waals surface area (Å²) in [6.07, 6.45) is 36.6. The highest BCUT2D eigenvalue weighted by Gasteiger charge is 2.41. The van der Waals surface area contributed by atoms with Crippen LogP contribution in [-0.2, 0) is 0 Å². The van der Waals surface area contributed by atoms with Gasteiger partial charge in [0.05, 0.1) is 12.2 Å². The molecule has 4 fully saturated rings. The Morgan fingerprint density at radius 2 is 1.68 bits per heavy atom. The van der Waals surface area contributed by atoms with Gasteiger partial charge in [0.1, 0.15) is 0 Å². The Labute approximate surface area is 292 Å². The average molecular weight is 651 g/mol. The first-order valence-electron chi connectivity index (χ1n) is 21.4. The number of hydrogen-bond acceptors (Lipinski definition) is 2. The fourth-order valence-corrected chi connectivity index (χ4v) is 12.2. The third-order valence-electron chi connectivity index (χ3n) is 15.2. The molecule has 8 atom stereocenters. The minimum atomic E-state index is -0.176. The van der Waals surface area contributed by atoms with Crippen LogP contribution in [0.1, 0.15) is 189 Å². The Balaban J connectivity index is 1.08. The Hall–Kier alpha value is -0.600. The van der Waals surface area contributed by atoms with Crippen molar-refractivity contribution in [1.82, 2.24) is 0 Å². The second-order valence-electron chi connectivity index (χ2n) is 18.6. The Kier molecular flexibility index (Phi) is 14.5. The number of aliphatic hydroxyl groups excluding tert-OH is 2. The molecule has 8 unspecified atom stereocenters. The fraction of sp³-hybridized carbons (Fsp3) is 0.911. The van der Waals surface area contributed by atoms with Crippen LogP contribution < -0.4 is 0 Å². The molecule has 0 spiro atoms. The van der Waals surface area contributed by atoms with Gasteiger partial charge in [0, 0.05) is 0 Å². The van der Waals surface area contributed by atoms with E-state index in [1.54, 1.807) is 5.57 Å². The van der Waals surface area contributed by atoms with Gasteiger partial charge in [-0.05, 0) is 162 Å². The van der Waals surface area contributed by atoms with Crippen molar-refractivity contribution >= 4 is 0 Å². The van der Waals surface area contributed by atoms with E-state index in [1.807, 2.05) is 0 Å². The van der Waals surface area contributed by atoms with Gasteiger partial charge in [0.25, 0.3) is 0 Å². The van der Waals surface area contributed by atoms with Crippen LogP contribution in [0.3, 0.4) is 0 Å². The van der Waals surface area contributed by atoms with Crippen LogP contribution in [0.25, 0.3) is 0 Å². The van der Waals surface area contributed by atoms with E-state index in [0.29, 0.717) is 46.8 Å². The predicted octanol–water partition coefficient (Wildman–Crippen LogP) is 12.6. The highest BCUT2D eigenvalue weighted by molar-refractivity contribution is 5.15. The van der Waals surface area contributed by atoms with E-state index < -0.39 is 0 Å². The molecular weight excluding hydrogens is 572 g/mol. The number of fused-ring (bicyclic) bond motifs is 1. The summed E-state index contributed by atoms with van der Waals surface area (Å²) >= 11 is 0. The first-order chi connectivity index (χ1) is 22.7. The van der Waals surface area contributed by atoms with E-state index in [1.165, 1.54) is 153 Å². The Morgan fingerprint density at radius 3 is 2.40 bits per heavy atom. The molecule has 5 aliphatic carbocycles. The van der Waals surface area contributed by atoms with Crippen molar-refractivity contribution in [3.63, 3.8) is 0 Å². The normalized spacial score (nSPS) is 39.0. The van der Waals surface area contributed by atoms with Crippen LogP contribution in [0.4, 0.5) is 0 Å². The van der Waals surface area contributed by atoms with Gasteiger partial charge in [0.2, 0.25) is 0 Å². The summed E-state index contributed by atoms with van der Waals surface area (Å²) < 4.78 is 0. The second kappa shape index (κ2) is 18.1. The molecule has 0 aromatic carbocycles.